The molecule has 0 aliphatic carbocycles. The Kier molecular flexibility index (Phi) is 5.21. The molecule has 5 aromatic rings. The maximum absolute atomic E-state index is 12.7. The maximum atomic E-state index is 12.7. The first-order valence-corrected chi connectivity index (χ1v) is 11.5. The van der Waals surface area contributed by atoms with Crippen molar-refractivity contribution in [1.29, 1.82) is 0 Å². The molecule has 4 heterocycles. The maximum Gasteiger partial charge on any atom is 0.226 e. The molecule has 6 rings (SSSR count). The number of aryl methyl sites for hydroxylation is 1. The number of rotatable bonds is 6. The molecule has 174 valence electrons. The number of fused-ring (bicyclic) bond motifs is 2. The highest BCUT2D eigenvalue weighted by Gasteiger charge is 2.33. The quantitative estimate of drug-likeness (QED) is 0.410. The van der Waals surface area contributed by atoms with Crippen molar-refractivity contribution in [1.82, 2.24) is 29.6 Å². The molecule has 9 heteroatoms. The number of hydrogen-bond donors (Lipinski definition) is 1. The zero-order valence-electron chi connectivity index (χ0n) is 19.1. The Balaban J connectivity index is 1.26. The lowest BCUT2D eigenvalue weighted by Gasteiger charge is -2.24. The fraction of sp³-hybridized carbons (Fsp3) is 0.192. The summed E-state index contributed by atoms with van der Waals surface area (Å²) in [5, 5.41) is 20.1. The van der Waals surface area contributed by atoms with Crippen molar-refractivity contribution in [3.05, 3.63) is 95.4 Å². The Bertz CT molecular complexity index is 1510. The number of aromatic nitrogens is 6. The van der Waals surface area contributed by atoms with E-state index < -0.39 is 0 Å². The summed E-state index contributed by atoms with van der Waals surface area (Å²) in [6, 6.07) is 21.9. The molecular weight excluding hydrogens is 442 g/mol. The van der Waals surface area contributed by atoms with E-state index in [2.05, 4.69) is 32.7 Å². The monoisotopic (exact) mass is 465 g/mol. The molecule has 1 atom stereocenters. The largest absolute Gasteiger partial charge is 0.493 e. The molecule has 0 unspecified atom stereocenters. The highest BCUT2D eigenvalue weighted by atomic mass is 16.5. The van der Waals surface area contributed by atoms with Crippen molar-refractivity contribution in [3.8, 4) is 11.6 Å². The van der Waals surface area contributed by atoms with Crippen LogP contribution in [0, 0.1) is 6.92 Å². The lowest BCUT2D eigenvalue weighted by Crippen LogP contribution is -2.25. The molecule has 35 heavy (non-hydrogen) atoms. The Morgan fingerprint density at radius 3 is 2.69 bits per heavy atom. The number of nitrogens with one attached hydrogen (secondary N) is 1. The van der Waals surface area contributed by atoms with Crippen LogP contribution in [0.15, 0.2) is 73.1 Å². The van der Waals surface area contributed by atoms with Crippen LogP contribution in [-0.4, -0.2) is 42.1 Å². The smallest absolute Gasteiger partial charge is 0.226 e. The minimum absolute atomic E-state index is 0.0581. The zero-order chi connectivity index (χ0) is 23.8. The van der Waals surface area contributed by atoms with Gasteiger partial charge in [-0.3, -0.25) is 4.79 Å². The van der Waals surface area contributed by atoms with E-state index in [4.69, 9.17) is 9.84 Å². The number of anilines is 1. The first-order valence-electron chi connectivity index (χ1n) is 11.5. The van der Waals surface area contributed by atoms with Crippen LogP contribution in [0.2, 0.25) is 0 Å². The van der Waals surface area contributed by atoms with Gasteiger partial charge in [0.15, 0.2) is 11.5 Å². The van der Waals surface area contributed by atoms with Gasteiger partial charge in [-0.25, -0.2) is 0 Å². The van der Waals surface area contributed by atoms with Crippen molar-refractivity contribution < 1.29 is 9.53 Å². The third-order valence-corrected chi connectivity index (χ3v) is 6.25. The van der Waals surface area contributed by atoms with Crippen LogP contribution >= 0.6 is 0 Å². The molecule has 1 aliphatic rings. The Labute approximate surface area is 201 Å². The van der Waals surface area contributed by atoms with E-state index >= 15 is 0 Å². The number of carbonyl (C=O) groups excluding carboxylic acids is 1. The van der Waals surface area contributed by atoms with Gasteiger partial charge in [0.25, 0.3) is 0 Å². The molecule has 0 saturated heterocycles. The normalized spacial score (nSPS) is 15.1. The van der Waals surface area contributed by atoms with E-state index in [0.29, 0.717) is 30.3 Å². The summed E-state index contributed by atoms with van der Waals surface area (Å²) in [4.78, 5) is 12.7. The second-order valence-electron chi connectivity index (χ2n) is 8.54. The molecule has 1 amide bonds. The van der Waals surface area contributed by atoms with E-state index in [1.165, 1.54) is 11.9 Å². The number of amides is 1. The van der Waals surface area contributed by atoms with Crippen LogP contribution in [0.3, 0.4) is 0 Å². The van der Waals surface area contributed by atoms with Gasteiger partial charge in [-0.1, -0.05) is 42.5 Å². The van der Waals surface area contributed by atoms with Gasteiger partial charge in [0.1, 0.15) is 17.9 Å². The van der Waals surface area contributed by atoms with Crippen molar-refractivity contribution in [2.24, 2.45) is 0 Å². The molecule has 0 bridgehead atoms. The van der Waals surface area contributed by atoms with Crippen molar-refractivity contribution in [2.45, 2.75) is 25.7 Å². The highest BCUT2D eigenvalue weighted by molar-refractivity contribution is 5.95. The minimum Gasteiger partial charge on any atom is -0.493 e. The summed E-state index contributed by atoms with van der Waals surface area (Å²) in [7, 11) is 0. The number of nitrogens with zero attached hydrogens (tertiary/aromatic N) is 6. The van der Waals surface area contributed by atoms with Crippen LogP contribution in [0.1, 0.15) is 34.7 Å². The number of ether oxygens (including phenoxy) is 1. The Hall–Kier alpha value is -4.53. The molecular formula is C26H23N7O2. The standard InChI is InChI=1S/C26H23N7O2/c1-17-25-21(19-7-9-20(10-8-19)35-14-13-18-5-3-2-4-6-18)15-24(34)28-26(25)33(30-17)23-12-11-22-29-27-16-32(22)31-23/h2-12,16,21H,13-15H2,1H3,(H,28,34)/t21-/m1/s1. The average molecular weight is 466 g/mol. The van der Waals surface area contributed by atoms with Gasteiger partial charge in [0.05, 0.1) is 12.3 Å². The van der Waals surface area contributed by atoms with Gasteiger partial charge in [-0.15, -0.1) is 15.3 Å². The highest BCUT2D eigenvalue weighted by Crippen LogP contribution is 2.40. The molecule has 1 aliphatic heterocycles. The first-order chi connectivity index (χ1) is 17.2. The average Bonchev–Trinajstić information content (AvgIpc) is 3.48. The summed E-state index contributed by atoms with van der Waals surface area (Å²) in [5.74, 6) is 1.86. The summed E-state index contributed by atoms with van der Waals surface area (Å²) in [6.45, 7) is 2.56. The molecule has 0 fully saturated rings. The van der Waals surface area contributed by atoms with Crippen LogP contribution in [0.4, 0.5) is 5.82 Å². The van der Waals surface area contributed by atoms with Gasteiger partial charge in [0, 0.05) is 24.3 Å². The van der Waals surface area contributed by atoms with Gasteiger partial charge < -0.3 is 10.1 Å². The van der Waals surface area contributed by atoms with Gasteiger partial charge in [-0.05, 0) is 42.3 Å². The van der Waals surface area contributed by atoms with E-state index in [0.717, 1.165) is 29.0 Å². The fourth-order valence-electron chi connectivity index (χ4n) is 4.56. The zero-order valence-corrected chi connectivity index (χ0v) is 19.1. The number of hydrogen-bond acceptors (Lipinski definition) is 6. The van der Waals surface area contributed by atoms with E-state index in [-0.39, 0.29) is 11.8 Å². The second-order valence-corrected chi connectivity index (χ2v) is 8.54. The van der Waals surface area contributed by atoms with Crippen molar-refractivity contribution in [2.75, 3.05) is 11.9 Å². The van der Waals surface area contributed by atoms with Crippen LogP contribution in [-0.2, 0) is 11.2 Å². The lowest BCUT2D eigenvalue weighted by atomic mass is 9.86. The summed E-state index contributed by atoms with van der Waals surface area (Å²) >= 11 is 0. The second kappa shape index (κ2) is 8.68. The van der Waals surface area contributed by atoms with E-state index in [9.17, 15) is 4.79 Å². The Morgan fingerprint density at radius 2 is 1.86 bits per heavy atom. The van der Waals surface area contributed by atoms with E-state index in [1.807, 2.05) is 61.5 Å². The minimum atomic E-state index is -0.107. The lowest BCUT2D eigenvalue weighted by molar-refractivity contribution is -0.116. The summed E-state index contributed by atoms with van der Waals surface area (Å²) < 4.78 is 9.20. The summed E-state index contributed by atoms with van der Waals surface area (Å²) in [5.41, 5.74) is 4.77. The van der Waals surface area contributed by atoms with Crippen molar-refractivity contribution in [3.63, 3.8) is 0 Å². The SMILES string of the molecule is Cc1nn(-c2ccc3nncn3n2)c2c1[C@@H](c1ccc(OCCc3ccccc3)cc1)CC(=O)N2. The number of benzene rings is 2. The van der Waals surface area contributed by atoms with Gasteiger partial charge >= 0.3 is 0 Å². The van der Waals surface area contributed by atoms with Crippen LogP contribution in [0.25, 0.3) is 11.5 Å². The molecule has 0 spiro atoms. The fourth-order valence-corrected chi connectivity index (χ4v) is 4.56. The van der Waals surface area contributed by atoms with Gasteiger partial charge in [-0.2, -0.15) is 14.3 Å². The van der Waals surface area contributed by atoms with Crippen molar-refractivity contribution >= 4 is 17.4 Å². The van der Waals surface area contributed by atoms with Crippen LogP contribution in [0.5, 0.6) is 5.75 Å². The number of carbonyl (C=O) groups is 1. The Morgan fingerprint density at radius 1 is 1.03 bits per heavy atom. The molecule has 3 aromatic heterocycles. The molecule has 0 radical (unpaired) electrons. The summed E-state index contributed by atoms with van der Waals surface area (Å²) in [6.07, 6.45) is 2.74. The predicted octanol–water partition coefficient (Wildman–Crippen LogP) is 3.71. The third kappa shape index (κ3) is 4.01. The molecule has 2 aromatic carbocycles. The molecule has 9 nitrogen and oxygen atoms in total. The molecule has 0 saturated carbocycles. The predicted molar refractivity (Wildman–Crippen MR) is 130 cm³/mol. The topological polar surface area (TPSA) is 99.2 Å². The van der Waals surface area contributed by atoms with Crippen LogP contribution < -0.4 is 10.1 Å². The first kappa shape index (κ1) is 21.0. The van der Waals surface area contributed by atoms with Gasteiger partial charge in [0.2, 0.25) is 5.91 Å². The third-order valence-electron chi connectivity index (χ3n) is 6.25. The van der Waals surface area contributed by atoms with E-state index in [1.54, 1.807) is 9.20 Å². The molecule has 1 N–H and O–H groups in total.